The van der Waals surface area contributed by atoms with Gasteiger partial charge in [0.05, 0.1) is 22.2 Å². The minimum absolute atomic E-state index is 0.000676. The normalized spacial score (nSPS) is 13.5. The van der Waals surface area contributed by atoms with Crippen LogP contribution in [0.1, 0.15) is 84.2 Å². The van der Waals surface area contributed by atoms with Gasteiger partial charge in [0.1, 0.15) is 18.1 Å². The summed E-state index contributed by atoms with van der Waals surface area (Å²) in [6, 6.07) is 16.7. The lowest BCUT2D eigenvalue weighted by Gasteiger charge is -2.11. The van der Waals surface area contributed by atoms with Crippen molar-refractivity contribution in [3.05, 3.63) is 88.6 Å². The molecule has 0 saturated carbocycles. The van der Waals surface area contributed by atoms with Gasteiger partial charge in [-0.05, 0) is 62.2 Å². The van der Waals surface area contributed by atoms with Crippen LogP contribution in [0.4, 0.5) is 0 Å². The third-order valence-corrected chi connectivity index (χ3v) is 9.11. The molecule has 0 bridgehead atoms. The molecule has 2 heterocycles. The van der Waals surface area contributed by atoms with Crippen molar-refractivity contribution in [1.82, 2.24) is 10.0 Å². The van der Waals surface area contributed by atoms with Gasteiger partial charge in [0, 0.05) is 28.6 Å². The predicted octanol–water partition coefficient (Wildman–Crippen LogP) is 7.02. The summed E-state index contributed by atoms with van der Waals surface area (Å²) in [7, 11) is -3.87. The summed E-state index contributed by atoms with van der Waals surface area (Å²) in [6.07, 6.45) is 7.14. The molecular formula is C34H38N2O6S. The molecule has 226 valence electrons. The summed E-state index contributed by atoms with van der Waals surface area (Å²) in [6.45, 7) is 6.79. The zero-order valence-corrected chi connectivity index (χ0v) is 25.8. The molecule has 0 radical (unpaired) electrons. The highest BCUT2D eigenvalue weighted by Gasteiger charge is 2.27. The average Bonchev–Trinajstić information content (AvgIpc) is 3.23. The number of carbonyl (C=O) groups is 2. The molecule has 8 nitrogen and oxygen atoms in total. The van der Waals surface area contributed by atoms with E-state index < -0.39 is 15.9 Å². The largest absolute Gasteiger partial charge is 0.488 e. The van der Waals surface area contributed by atoms with Crippen molar-refractivity contribution >= 4 is 43.5 Å². The second kappa shape index (κ2) is 13.1. The van der Waals surface area contributed by atoms with Crippen LogP contribution in [0.3, 0.4) is 0 Å². The quantitative estimate of drug-likeness (QED) is 0.0996. The van der Waals surface area contributed by atoms with E-state index in [9.17, 15) is 18.0 Å². The van der Waals surface area contributed by atoms with E-state index >= 15 is 0 Å². The van der Waals surface area contributed by atoms with Gasteiger partial charge in [-0.15, -0.1) is 0 Å². The van der Waals surface area contributed by atoms with Gasteiger partial charge < -0.3 is 9.30 Å². The van der Waals surface area contributed by atoms with Crippen LogP contribution < -0.4 is 10.2 Å². The van der Waals surface area contributed by atoms with Crippen LogP contribution >= 0.6 is 0 Å². The van der Waals surface area contributed by atoms with E-state index in [-0.39, 0.29) is 29.4 Å². The zero-order chi connectivity index (χ0) is 30.6. The van der Waals surface area contributed by atoms with Crippen molar-refractivity contribution in [3.8, 4) is 5.75 Å². The Bertz CT molecular complexity index is 1820. The number of benzene rings is 3. The molecule has 1 aromatic heterocycles. The standard InChI is InChI=1S/C34H38N2O6S/c1-4-6-7-8-9-12-21-43(39,40)42-35-28-19-20-41-34-26(33(28)38)16-18-30-31(34)27-22-24(15-17-29(27)36(30)5-2)32(37)25-14-11-10-13-23(25)3/h10-11,13-19,22,35H,4-9,12,20-21H2,1-3H3. The van der Waals surface area contributed by atoms with Gasteiger partial charge >= 0.3 is 0 Å². The number of hydrogen-bond acceptors (Lipinski definition) is 7. The van der Waals surface area contributed by atoms with E-state index in [2.05, 4.69) is 17.0 Å². The minimum Gasteiger partial charge on any atom is -0.488 e. The second-order valence-corrected chi connectivity index (χ2v) is 12.6. The Morgan fingerprint density at radius 1 is 0.977 bits per heavy atom. The fourth-order valence-electron chi connectivity index (χ4n) is 5.70. The molecule has 0 atom stereocenters. The van der Waals surface area contributed by atoms with Crippen molar-refractivity contribution in [1.29, 1.82) is 0 Å². The molecule has 1 N–H and O–H groups in total. The predicted molar refractivity (Wildman–Crippen MR) is 169 cm³/mol. The number of rotatable bonds is 13. The van der Waals surface area contributed by atoms with Gasteiger partial charge in [0.25, 0.3) is 10.1 Å². The molecule has 0 saturated heterocycles. The van der Waals surface area contributed by atoms with Crippen LogP contribution in [0.15, 0.2) is 66.4 Å². The van der Waals surface area contributed by atoms with Gasteiger partial charge in [-0.25, -0.2) is 5.48 Å². The highest BCUT2D eigenvalue weighted by Crippen LogP contribution is 2.40. The molecule has 3 aromatic carbocycles. The van der Waals surface area contributed by atoms with Crippen LogP contribution in [-0.2, 0) is 20.9 Å². The number of hydrogen-bond donors (Lipinski definition) is 1. The lowest BCUT2D eigenvalue weighted by Crippen LogP contribution is -2.26. The molecule has 0 fully saturated rings. The molecule has 9 heteroatoms. The Kier molecular flexibility index (Phi) is 9.32. The second-order valence-electron chi connectivity index (χ2n) is 10.9. The molecule has 0 amide bonds. The SMILES string of the molecule is CCCCCCCCS(=O)(=O)ONC1=CCOc2c(ccc3c2c2cc(C(=O)c4ccccc4C)ccc2n3CC)C1=O. The average molecular weight is 603 g/mol. The van der Waals surface area contributed by atoms with Crippen molar-refractivity contribution in [2.45, 2.75) is 65.8 Å². The monoisotopic (exact) mass is 602 g/mol. The zero-order valence-electron chi connectivity index (χ0n) is 24.9. The molecule has 0 unspecified atom stereocenters. The topological polar surface area (TPSA) is 104 Å². The number of unbranched alkanes of at least 4 members (excludes halogenated alkanes) is 5. The van der Waals surface area contributed by atoms with Crippen LogP contribution in [0.2, 0.25) is 0 Å². The highest BCUT2D eigenvalue weighted by molar-refractivity contribution is 7.86. The van der Waals surface area contributed by atoms with E-state index in [4.69, 9.17) is 9.02 Å². The van der Waals surface area contributed by atoms with Crippen LogP contribution in [0.25, 0.3) is 21.8 Å². The first-order valence-corrected chi connectivity index (χ1v) is 16.6. The molecule has 5 rings (SSSR count). The first-order valence-electron chi connectivity index (χ1n) is 15.0. The Morgan fingerprint density at radius 3 is 2.49 bits per heavy atom. The van der Waals surface area contributed by atoms with Gasteiger partial charge in [0.2, 0.25) is 5.78 Å². The van der Waals surface area contributed by atoms with Crippen LogP contribution in [0, 0.1) is 6.92 Å². The number of carbonyl (C=O) groups excluding carboxylic acids is 2. The molecule has 1 aliphatic rings. The molecule has 1 aliphatic heterocycles. The summed E-state index contributed by atoms with van der Waals surface area (Å²) in [5.74, 6) is -0.248. The fraction of sp³-hybridized carbons (Fsp3) is 0.353. The first kappa shape index (κ1) is 30.5. The van der Waals surface area contributed by atoms with E-state index in [1.54, 1.807) is 6.07 Å². The van der Waals surface area contributed by atoms with E-state index in [0.29, 0.717) is 29.8 Å². The number of Topliss-reactive ketones (excluding diaryl/α,β-unsaturated/α-hetero) is 1. The Labute approximate surface area is 252 Å². The molecule has 43 heavy (non-hydrogen) atoms. The van der Waals surface area contributed by atoms with E-state index in [0.717, 1.165) is 59.5 Å². The first-order chi connectivity index (χ1) is 20.8. The molecule has 4 aromatic rings. The smallest absolute Gasteiger partial charge is 0.287 e. The van der Waals surface area contributed by atoms with E-state index in [1.807, 2.05) is 62.4 Å². The number of hydroxylamine groups is 1. The number of fused-ring (bicyclic) bond motifs is 5. The lowest BCUT2D eigenvalue weighted by molar-refractivity contribution is 0.0991. The summed E-state index contributed by atoms with van der Waals surface area (Å²) in [5.41, 5.74) is 6.55. The Balaban J connectivity index is 1.43. The van der Waals surface area contributed by atoms with Gasteiger partial charge in [-0.3, -0.25) is 9.59 Å². The number of aryl methyl sites for hydroxylation is 2. The summed E-state index contributed by atoms with van der Waals surface area (Å²) in [5, 5.41) is 1.53. The lowest BCUT2D eigenvalue weighted by atomic mass is 9.97. The van der Waals surface area contributed by atoms with Crippen LogP contribution in [0.5, 0.6) is 5.75 Å². The summed E-state index contributed by atoms with van der Waals surface area (Å²) in [4.78, 5) is 27.1. The van der Waals surface area contributed by atoms with Crippen molar-refractivity contribution < 1.29 is 27.0 Å². The van der Waals surface area contributed by atoms with Crippen molar-refractivity contribution in [2.75, 3.05) is 12.4 Å². The maximum absolute atomic E-state index is 13.6. The van der Waals surface area contributed by atoms with Crippen molar-refractivity contribution in [2.24, 2.45) is 0 Å². The third-order valence-electron chi connectivity index (χ3n) is 7.98. The Hall–Kier alpha value is -3.95. The molecule has 0 aliphatic carbocycles. The van der Waals surface area contributed by atoms with Crippen molar-refractivity contribution in [3.63, 3.8) is 0 Å². The van der Waals surface area contributed by atoms with Gasteiger partial charge in [-0.2, -0.15) is 12.7 Å². The summed E-state index contributed by atoms with van der Waals surface area (Å²) < 4.78 is 38.3. The maximum atomic E-state index is 13.6. The van der Waals surface area contributed by atoms with Gasteiger partial charge in [0.15, 0.2) is 5.78 Å². The number of aromatic nitrogens is 1. The number of nitrogens with zero attached hydrogens (tertiary/aromatic N) is 1. The van der Waals surface area contributed by atoms with Crippen LogP contribution in [-0.4, -0.2) is 36.9 Å². The number of ketones is 2. The highest BCUT2D eigenvalue weighted by atomic mass is 32.2. The maximum Gasteiger partial charge on any atom is 0.287 e. The minimum atomic E-state index is -3.87. The van der Waals surface area contributed by atoms with Gasteiger partial charge in [-0.1, -0.05) is 63.3 Å². The summed E-state index contributed by atoms with van der Waals surface area (Å²) >= 11 is 0. The number of ether oxygens (including phenoxy) is 1. The Morgan fingerprint density at radius 2 is 1.72 bits per heavy atom. The third kappa shape index (κ3) is 6.38. The molecular weight excluding hydrogens is 564 g/mol. The van der Waals surface area contributed by atoms with E-state index in [1.165, 1.54) is 6.08 Å². The number of allylic oxidation sites excluding steroid dienone is 1. The molecule has 0 spiro atoms. The number of nitrogens with one attached hydrogen (secondary N) is 1. The fourth-order valence-corrected chi connectivity index (χ4v) is 6.55.